The van der Waals surface area contributed by atoms with Crippen LogP contribution in [0.2, 0.25) is 0 Å². The van der Waals surface area contributed by atoms with Crippen LogP contribution in [-0.2, 0) is 0 Å². The number of para-hydroxylation sites is 5. The second-order valence-corrected chi connectivity index (χ2v) is 40.4. The Morgan fingerprint density at radius 1 is 0.150 bits per heavy atom. The lowest BCUT2D eigenvalue weighted by atomic mass is 10.0. The van der Waals surface area contributed by atoms with Gasteiger partial charge in [-0.3, -0.25) is 0 Å². The van der Waals surface area contributed by atoms with Crippen LogP contribution in [0.1, 0.15) is 55.6 Å². The number of rotatable bonds is 5. The normalized spacial score (nSPS) is 11.9. The molecule has 0 aliphatic rings. The standard InChI is InChI=1S/3C26H19NO.2C26H19NS/c1-16-7-10-18(11-8-16)27-23-6-4-3-5-19(23)20-15-26-22(14-24(20)27)21-13-17(2)9-12-25(21)28-26;1-16-7-10-18(11-8-16)27-23-6-4-3-5-19(23)21-15-26-22(14-24(21)27)20-12-9-17(2)13-25(20)28-26;1-16-7-10-18(11-8-16)27-21-6-4-3-5-19(21)25-22(27)13-14-23-26(25)20-12-9-17(2)15-24(20)28-23;1-16-7-10-18(11-8-16)27-23-6-4-3-5-19(23)21-14-22-20-12-9-17(2)13-25(20)28-26(22)15-24(21)27;1-16-7-10-18(11-8-16)27-22-6-4-3-5-19(22)20-13-14-23-25(26(20)27)21-12-9-17(2)15-24(21)28-23/h5*3-15H,1-2H3. The first kappa shape index (κ1) is 83.8. The Morgan fingerprint density at radius 2 is 0.471 bits per heavy atom. The van der Waals surface area contributed by atoms with Crippen LogP contribution in [0, 0.1) is 69.2 Å². The van der Waals surface area contributed by atoms with E-state index in [0.29, 0.717) is 0 Å². The molecule has 0 amide bonds. The van der Waals surface area contributed by atoms with Crippen molar-refractivity contribution in [3.63, 3.8) is 0 Å². The van der Waals surface area contributed by atoms with Gasteiger partial charge in [-0.05, 0) is 273 Å². The monoisotopic (exact) mass is 1840 g/mol. The van der Waals surface area contributed by atoms with E-state index >= 15 is 0 Å². The molecule has 0 spiro atoms. The van der Waals surface area contributed by atoms with Gasteiger partial charge in [0.05, 0.1) is 55.2 Å². The molecule has 0 unspecified atom stereocenters. The van der Waals surface area contributed by atoms with E-state index in [1.165, 1.54) is 266 Å². The minimum Gasteiger partial charge on any atom is -0.456 e. The van der Waals surface area contributed by atoms with E-state index in [1.54, 1.807) is 0 Å². The van der Waals surface area contributed by atoms with Gasteiger partial charge in [0.2, 0.25) is 0 Å². The van der Waals surface area contributed by atoms with Crippen LogP contribution in [0.3, 0.4) is 0 Å². The third-order valence-electron chi connectivity index (χ3n) is 28.6. The average Bonchev–Trinajstić information content (AvgIpc) is 1.56. The summed E-state index contributed by atoms with van der Waals surface area (Å²) in [6.45, 7) is 21.3. The Morgan fingerprint density at radius 3 is 0.986 bits per heavy atom. The number of furan rings is 3. The van der Waals surface area contributed by atoms with Gasteiger partial charge in [-0.25, -0.2) is 0 Å². The molecule has 0 radical (unpaired) electrons. The van der Waals surface area contributed by atoms with Gasteiger partial charge < -0.3 is 36.1 Å². The molecule has 0 fully saturated rings. The average molecular weight is 1840 g/mol. The highest BCUT2D eigenvalue weighted by Gasteiger charge is 2.25. The van der Waals surface area contributed by atoms with Crippen molar-refractivity contribution < 1.29 is 13.3 Å². The molecule has 10 aromatic heterocycles. The third kappa shape index (κ3) is 13.9. The first-order valence-electron chi connectivity index (χ1n) is 48.1. The number of aromatic nitrogens is 5. The molecule has 0 N–H and O–H groups in total. The van der Waals surface area contributed by atoms with Gasteiger partial charge in [-0.15, -0.1) is 22.7 Å². The van der Waals surface area contributed by atoms with Crippen LogP contribution < -0.4 is 0 Å². The summed E-state index contributed by atoms with van der Waals surface area (Å²) in [6.07, 6.45) is 0. The fourth-order valence-electron chi connectivity index (χ4n) is 21.7. The summed E-state index contributed by atoms with van der Waals surface area (Å²) >= 11 is 3.79. The third-order valence-corrected chi connectivity index (χ3v) is 30.8. The minimum absolute atomic E-state index is 0.944. The number of hydrogen-bond acceptors (Lipinski definition) is 5. The molecule has 0 atom stereocenters. The summed E-state index contributed by atoms with van der Waals surface area (Å²) in [4.78, 5) is 0. The zero-order valence-corrected chi connectivity index (χ0v) is 80.9. The lowest BCUT2D eigenvalue weighted by Crippen LogP contribution is -1.94. The minimum atomic E-state index is 0.944. The molecule has 10 heteroatoms. The van der Waals surface area contributed by atoms with Crippen molar-refractivity contribution in [3.8, 4) is 28.4 Å². The van der Waals surface area contributed by atoms with Crippen LogP contribution >= 0.6 is 22.7 Å². The van der Waals surface area contributed by atoms with Gasteiger partial charge in [0.15, 0.2) is 0 Å². The topological polar surface area (TPSA) is 64.1 Å². The molecule has 0 saturated carbocycles. The summed E-state index contributed by atoms with van der Waals surface area (Å²) in [6, 6.07) is 143. The Hall–Kier alpha value is -16.8. The maximum Gasteiger partial charge on any atom is 0.136 e. The molecule has 10 heterocycles. The van der Waals surface area contributed by atoms with Crippen LogP contribution in [0.15, 0.2) is 408 Å². The fraction of sp³-hybridized carbons (Fsp3) is 0.0769. The predicted octanol–water partition coefficient (Wildman–Crippen LogP) is 37.4. The molecule has 0 bridgehead atoms. The van der Waals surface area contributed by atoms with Gasteiger partial charge in [-0.2, -0.15) is 0 Å². The van der Waals surface area contributed by atoms with E-state index in [2.05, 4.69) is 486 Å². The maximum atomic E-state index is 6.21. The molecule has 30 rings (SSSR count). The first-order valence-corrected chi connectivity index (χ1v) is 49.7. The van der Waals surface area contributed by atoms with Crippen LogP contribution in [0.5, 0.6) is 0 Å². The molecule has 0 aliphatic carbocycles. The van der Waals surface area contributed by atoms with Gasteiger partial charge in [0.1, 0.15) is 33.5 Å². The number of hydrogen-bond donors (Lipinski definition) is 0. The Balaban J connectivity index is 0.0000000900. The van der Waals surface area contributed by atoms with Crippen molar-refractivity contribution in [3.05, 3.63) is 450 Å². The van der Waals surface area contributed by atoms with E-state index in [9.17, 15) is 0 Å². The Kier molecular flexibility index (Phi) is 19.8. The van der Waals surface area contributed by atoms with Crippen molar-refractivity contribution in [2.75, 3.05) is 0 Å². The van der Waals surface area contributed by atoms with Crippen molar-refractivity contribution in [1.29, 1.82) is 0 Å². The number of thiophene rings is 2. The van der Waals surface area contributed by atoms with Crippen molar-refractivity contribution in [1.82, 2.24) is 22.8 Å². The molecule has 30 aromatic rings. The molecular formula is C130H95N5O3S2. The zero-order valence-electron chi connectivity index (χ0n) is 79.3. The van der Waals surface area contributed by atoms with Crippen molar-refractivity contribution >= 4 is 238 Å². The van der Waals surface area contributed by atoms with E-state index in [4.69, 9.17) is 13.3 Å². The number of benzene rings is 20. The Bertz CT molecular complexity index is 10200. The highest BCUT2D eigenvalue weighted by molar-refractivity contribution is 7.26. The van der Waals surface area contributed by atoms with Crippen molar-refractivity contribution in [2.45, 2.75) is 69.2 Å². The second-order valence-electron chi connectivity index (χ2n) is 38.2. The summed E-state index contributed by atoms with van der Waals surface area (Å²) in [5.74, 6) is 0. The van der Waals surface area contributed by atoms with E-state index in [-0.39, 0.29) is 0 Å². The number of fused-ring (bicyclic) bond motifs is 32. The predicted molar refractivity (Wildman–Crippen MR) is 599 cm³/mol. The van der Waals surface area contributed by atoms with Gasteiger partial charge in [-0.1, -0.05) is 246 Å². The SMILES string of the molecule is Cc1ccc(-n2c3ccccc3c3c4c(ccc32)oc2cc(C)ccc24)cc1.Cc1ccc(-n2c3ccccc3c3cc4c(cc32)sc2cc(C)ccc24)cc1.Cc1ccc(-n2c3ccccc3c3cc4oc5cc(C)ccc5c4cc32)cc1.Cc1ccc(-n2c3ccccc3c3cc4oc5ccc(C)cc5c4cc32)cc1.Cc1ccc(-n2c3ccccc3c3ccc4sc5cc(C)ccc5c4c32)cc1. The summed E-state index contributed by atoms with van der Waals surface area (Å²) < 4.78 is 36.0. The van der Waals surface area contributed by atoms with Crippen LogP contribution in [0.25, 0.3) is 244 Å². The summed E-state index contributed by atoms with van der Waals surface area (Å²) in [5, 5.41) is 25.2. The summed E-state index contributed by atoms with van der Waals surface area (Å²) in [7, 11) is 0. The molecule has 0 aliphatic heterocycles. The molecule has 140 heavy (non-hydrogen) atoms. The molecule has 0 saturated heterocycles. The highest BCUT2D eigenvalue weighted by Crippen LogP contribution is 2.49. The lowest BCUT2D eigenvalue weighted by Gasteiger charge is -2.09. The van der Waals surface area contributed by atoms with E-state index < -0.39 is 0 Å². The highest BCUT2D eigenvalue weighted by atomic mass is 32.1. The lowest BCUT2D eigenvalue weighted by molar-refractivity contribution is 0.668. The van der Waals surface area contributed by atoms with E-state index in [0.717, 1.165) is 33.5 Å². The smallest absolute Gasteiger partial charge is 0.136 e. The summed E-state index contributed by atoms with van der Waals surface area (Å²) in [5.41, 5.74) is 36.7. The number of aryl methyl sites for hydroxylation is 10. The maximum absolute atomic E-state index is 6.21. The van der Waals surface area contributed by atoms with E-state index in [1.807, 2.05) is 22.7 Å². The Labute approximate surface area is 815 Å². The van der Waals surface area contributed by atoms with Gasteiger partial charge in [0, 0.05) is 155 Å². The molecule has 670 valence electrons. The van der Waals surface area contributed by atoms with Gasteiger partial charge in [0.25, 0.3) is 0 Å². The fourth-order valence-corrected chi connectivity index (χ4v) is 24.2. The second kappa shape index (κ2) is 33.0. The zero-order chi connectivity index (χ0) is 94.1. The van der Waals surface area contributed by atoms with Gasteiger partial charge >= 0.3 is 0 Å². The molecular weight excluding hydrogens is 1740 g/mol. The molecule has 20 aromatic carbocycles. The van der Waals surface area contributed by atoms with Crippen molar-refractivity contribution in [2.24, 2.45) is 0 Å². The number of nitrogens with zero attached hydrogens (tertiary/aromatic N) is 5. The largest absolute Gasteiger partial charge is 0.456 e. The van der Waals surface area contributed by atoms with Crippen LogP contribution in [0.4, 0.5) is 0 Å². The molecule has 8 nitrogen and oxygen atoms in total. The first-order chi connectivity index (χ1) is 68.5. The van der Waals surface area contributed by atoms with Crippen LogP contribution in [-0.4, -0.2) is 22.8 Å². The quantitative estimate of drug-likeness (QED) is 0.172.